The van der Waals surface area contributed by atoms with E-state index in [-0.39, 0.29) is 23.9 Å². The van der Waals surface area contributed by atoms with Crippen molar-refractivity contribution in [1.29, 1.82) is 0 Å². The van der Waals surface area contributed by atoms with Gasteiger partial charge >= 0.3 is 0 Å². The zero-order valence-corrected chi connectivity index (χ0v) is 20.5. The lowest BCUT2D eigenvalue weighted by molar-refractivity contribution is -0.164. The van der Waals surface area contributed by atoms with E-state index in [0.29, 0.717) is 30.4 Å². The predicted molar refractivity (Wildman–Crippen MR) is 137 cm³/mol. The van der Waals surface area contributed by atoms with E-state index >= 15 is 0 Å². The molecule has 1 unspecified atom stereocenters. The molecule has 2 atom stereocenters. The van der Waals surface area contributed by atoms with Crippen LogP contribution in [0.4, 0.5) is 10.1 Å². The van der Waals surface area contributed by atoms with Crippen LogP contribution >= 0.6 is 11.6 Å². The van der Waals surface area contributed by atoms with Gasteiger partial charge in [-0.05, 0) is 54.7 Å². The summed E-state index contributed by atoms with van der Waals surface area (Å²) in [5, 5.41) is 13.7. The molecular weight excluding hydrogens is 467 g/mol. The Hall–Kier alpha value is -2.64. The molecule has 5 nitrogen and oxygen atoms in total. The molecule has 3 aromatic rings. The molecule has 1 aliphatic heterocycles. The van der Waals surface area contributed by atoms with E-state index in [1.165, 1.54) is 23.8 Å². The van der Waals surface area contributed by atoms with E-state index in [1.807, 2.05) is 18.2 Å². The highest BCUT2D eigenvalue weighted by Gasteiger charge is 2.20. The van der Waals surface area contributed by atoms with Gasteiger partial charge in [0, 0.05) is 32.3 Å². The first-order chi connectivity index (χ1) is 17.1. The Morgan fingerprint density at radius 3 is 2.60 bits per heavy atom. The minimum absolute atomic E-state index is 0.103. The van der Waals surface area contributed by atoms with Crippen LogP contribution in [-0.2, 0) is 16.0 Å². The maximum absolute atomic E-state index is 13.7. The number of aromatic hydroxyl groups is 1. The third kappa shape index (κ3) is 7.94. The minimum Gasteiger partial charge on any atom is -0.508 e. The molecule has 1 aliphatic rings. The van der Waals surface area contributed by atoms with E-state index in [9.17, 15) is 9.50 Å². The largest absolute Gasteiger partial charge is 0.508 e. The second-order valence-electron chi connectivity index (χ2n) is 8.80. The minimum atomic E-state index is -0.280. The van der Waals surface area contributed by atoms with Crippen molar-refractivity contribution in [1.82, 2.24) is 4.90 Å². The third-order valence-electron chi connectivity index (χ3n) is 6.09. The van der Waals surface area contributed by atoms with Crippen molar-refractivity contribution in [3.8, 4) is 5.75 Å². The van der Waals surface area contributed by atoms with Crippen molar-refractivity contribution in [2.24, 2.45) is 0 Å². The lowest BCUT2D eigenvalue weighted by atomic mass is 10.0. The lowest BCUT2D eigenvalue weighted by Crippen LogP contribution is -2.35. The van der Waals surface area contributed by atoms with Crippen molar-refractivity contribution in [3.05, 3.63) is 94.8 Å². The number of phenols is 1. The summed E-state index contributed by atoms with van der Waals surface area (Å²) in [4.78, 5) is 2.31. The van der Waals surface area contributed by atoms with Gasteiger partial charge in [-0.25, -0.2) is 4.39 Å². The highest BCUT2D eigenvalue weighted by Crippen LogP contribution is 2.30. The van der Waals surface area contributed by atoms with Gasteiger partial charge in [0.1, 0.15) is 11.6 Å². The van der Waals surface area contributed by atoms with Crippen molar-refractivity contribution in [2.75, 3.05) is 31.6 Å². The van der Waals surface area contributed by atoms with Crippen molar-refractivity contribution in [2.45, 2.75) is 38.1 Å². The summed E-state index contributed by atoms with van der Waals surface area (Å²) in [6.07, 6.45) is 3.01. The standard InChI is InChI=1S/C28H32ClFN2O3/c29-25-18-24(33)13-14-26(25)31-27(22-9-11-23(30)12-10-22)20-32(19-21-6-2-1-3-7-21)15-17-35-28-8-4-5-16-34-28/h1-3,6-7,9-14,18,27-28,31,33H,4-5,8,15-17,19-20H2/t27-,28?/m0/s1. The predicted octanol–water partition coefficient (Wildman–Crippen LogP) is 6.38. The molecule has 1 saturated heterocycles. The number of hydrogen-bond acceptors (Lipinski definition) is 5. The summed E-state index contributed by atoms with van der Waals surface area (Å²) >= 11 is 6.39. The van der Waals surface area contributed by atoms with E-state index in [0.717, 1.165) is 38.0 Å². The zero-order chi connectivity index (χ0) is 24.5. The maximum Gasteiger partial charge on any atom is 0.157 e. The molecule has 0 aromatic heterocycles. The molecule has 35 heavy (non-hydrogen) atoms. The van der Waals surface area contributed by atoms with Crippen molar-refractivity contribution in [3.63, 3.8) is 0 Å². The zero-order valence-electron chi connectivity index (χ0n) is 19.7. The van der Waals surface area contributed by atoms with Gasteiger partial charge < -0.3 is 19.9 Å². The fourth-order valence-electron chi connectivity index (χ4n) is 4.23. The summed E-state index contributed by atoms with van der Waals surface area (Å²) < 4.78 is 25.4. The van der Waals surface area contributed by atoms with Crippen LogP contribution in [0.15, 0.2) is 72.8 Å². The number of phenolic OH excluding ortho intramolecular Hbond substituents is 1. The molecule has 0 amide bonds. The van der Waals surface area contributed by atoms with Crippen LogP contribution in [0.5, 0.6) is 5.75 Å². The first kappa shape index (κ1) is 25.5. The Morgan fingerprint density at radius 2 is 1.89 bits per heavy atom. The molecule has 1 fully saturated rings. The van der Waals surface area contributed by atoms with Gasteiger partial charge in [-0.2, -0.15) is 0 Å². The number of nitrogens with one attached hydrogen (secondary N) is 1. The molecule has 186 valence electrons. The highest BCUT2D eigenvalue weighted by atomic mass is 35.5. The number of hydrogen-bond donors (Lipinski definition) is 2. The van der Waals surface area contributed by atoms with Gasteiger partial charge in [-0.3, -0.25) is 4.90 Å². The van der Waals surface area contributed by atoms with Crippen LogP contribution in [0.2, 0.25) is 5.02 Å². The average Bonchev–Trinajstić information content (AvgIpc) is 2.87. The smallest absolute Gasteiger partial charge is 0.157 e. The van der Waals surface area contributed by atoms with Crippen LogP contribution in [0.1, 0.15) is 36.4 Å². The SMILES string of the molecule is Oc1ccc(N[C@@H](CN(CCOC2CCCCO2)Cc2ccccc2)c2ccc(F)cc2)c(Cl)c1. The molecule has 3 aromatic carbocycles. The third-order valence-corrected chi connectivity index (χ3v) is 6.41. The Balaban J connectivity index is 1.51. The normalized spacial score (nSPS) is 16.8. The average molecular weight is 499 g/mol. The lowest BCUT2D eigenvalue weighted by Gasteiger charge is -2.30. The van der Waals surface area contributed by atoms with Gasteiger partial charge in [0.05, 0.1) is 23.4 Å². The van der Waals surface area contributed by atoms with Crippen LogP contribution in [0.3, 0.4) is 0 Å². The topological polar surface area (TPSA) is 54.0 Å². The Kier molecular flexibility index (Phi) is 9.37. The Morgan fingerprint density at radius 1 is 1.09 bits per heavy atom. The molecule has 0 aliphatic carbocycles. The molecule has 0 bridgehead atoms. The number of halogens is 2. The Bertz CT molecular complexity index is 1050. The van der Waals surface area contributed by atoms with Crippen LogP contribution in [-0.4, -0.2) is 42.6 Å². The van der Waals surface area contributed by atoms with Crippen LogP contribution < -0.4 is 5.32 Å². The molecule has 4 rings (SSSR count). The first-order valence-electron chi connectivity index (χ1n) is 12.1. The van der Waals surface area contributed by atoms with Gasteiger partial charge in [0.25, 0.3) is 0 Å². The van der Waals surface area contributed by atoms with Gasteiger partial charge in [0.15, 0.2) is 6.29 Å². The monoisotopic (exact) mass is 498 g/mol. The van der Waals surface area contributed by atoms with Gasteiger partial charge in [-0.15, -0.1) is 0 Å². The van der Waals surface area contributed by atoms with Crippen LogP contribution in [0, 0.1) is 5.82 Å². The fourth-order valence-corrected chi connectivity index (χ4v) is 4.46. The Labute approximate surface area is 211 Å². The summed E-state index contributed by atoms with van der Waals surface area (Å²) in [5.74, 6) is -0.177. The van der Waals surface area contributed by atoms with E-state index in [2.05, 4.69) is 22.3 Å². The summed E-state index contributed by atoms with van der Waals surface area (Å²) in [7, 11) is 0. The van der Waals surface area contributed by atoms with Gasteiger partial charge in [-0.1, -0.05) is 54.1 Å². The number of ether oxygens (including phenoxy) is 2. The molecule has 1 heterocycles. The molecule has 0 saturated carbocycles. The van der Waals surface area contributed by atoms with E-state index in [1.54, 1.807) is 24.3 Å². The molecule has 2 N–H and O–H groups in total. The van der Waals surface area contributed by atoms with E-state index in [4.69, 9.17) is 21.1 Å². The highest BCUT2D eigenvalue weighted by molar-refractivity contribution is 6.33. The molecule has 0 radical (unpaired) electrons. The summed E-state index contributed by atoms with van der Waals surface area (Å²) in [5.41, 5.74) is 2.83. The second kappa shape index (κ2) is 12.9. The second-order valence-corrected chi connectivity index (χ2v) is 9.21. The fraction of sp³-hybridized carbons (Fsp3) is 0.357. The van der Waals surface area contributed by atoms with Gasteiger partial charge in [0.2, 0.25) is 0 Å². The number of anilines is 1. The quantitative estimate of drug-likeness (QED) is 0.300. The molecule has 7 heteroatoms. The number of benzene rings is 3. The molecule has 0 spiro atoms. The summed E-state index contributed by atoms with van der Waals surface area (Å²) in [6.45, 7) is 3.37. The number of nitrogens with zero attached hydrogens (tertiary/aromatic N) is 1. The maximum atomic E-state index is 13.7. The van der Waals surface area contributed by atoms with Crippen LogP contribution in [0.25, 0.3) is 0 Å². The molecular formula is C28H32ClFN2O3. The van der Waals surface area contributed by atoms with Crippen molar-refractivity contribution < 1.29 is 19.0 Å². The number of rotatable bonds is 11. The van der Waals surface area contributed by atoms with Crippen molar-refractivity contribution >= 4 is 17.3 Å². The van der Waals surface area contributed by atoms with E-state index < -0.39 is 0 Å². The summed E-state index contributed by atoms with van der Waals surface area (Å²) in [6, 6.07) is 21.5. The first-order valence-corrected chi connectivity index (χ1v) is 12.4.